The topological polar surface area (TPSA) is 123 Å². The summed E-state index contributed by atoms with van der Waals surface area (Å²) in [6.07, 6.45) is 0.644. The minimum absolute atomic E-state index is 0.128. The Hall–Kier alpha value is -4.08. The fourth-order valence-corrected chi connectivity index (χ4v) is 4.07. The highest BCUT2D eigenvalue weighted by Crippen LogP contribution is 2.23. The van der Waals surface area contributed by atoms with Gasteiger partial charge in [0, 0.05) is 36.9 Å². The van der Waals surface area contributed by atoms with Crippen LogP contribution in [0.5, 0.6) is 5.75 Å². The Kier molecular flexibility index (Phi) is 7.72. The summed E-state index contributed by atoms with van der Waals surface area (Å²) < 4.78 is 10.4. The minimum atomic E-state index is -0.529. The maximum Gasteiger partial charge on any atom is 0.255 e. The largest absolute Gasteiger partial charge is 0.468 e. The Balaban J connectivity index is 1.48. The second kappa shape index (κ2) is 11.1. The van der Waals surface area contributed by atoms with Crippen molar-refractivity contribution in [3.8, 4) is 5.75 Å². The summed E-state index contributed by atoms with van der Waals surface area (Å²) in [5, 5.41) is 10.1. The molecular formula is C27H27N3O6. The Morgan fingerprint density at radius 3 is 2.56 bits per heavy atom. The predicted octanol–water partition coefficient (Wildman–Crippen LogP) is 3.17. The second-order valence-corrected chi connectivity index (χ2v) is 8.54. The molecule has 0 aromatic heterocycles. The number of amides is 3. The molecule has 1 atom stereocenters. The van der Waals surface area contributed by atoms with Gasteiger partial charge < -0.3 is 20.1 Å². The molecule has 3 aromatic carbocycles. The first-order valence-electron chi connectivity index (χ1n) is 11.5. The van der Waals surface area contributed by atoms with Crippen LogP contribution in [0.4, 0.5) is 5.69 Å². The molecule has 9 nitrogen and oxygen atoms in total. The molecule has 9 heteroatoms. The average Bonchev–Trinajstić information content (AvgIpc) is 2.86. The second-order valence-electron chi connectivity index (χ2n) is 8.54. The fourth-order valence-electron chi connectivity index (χ4n) is 4.07. The molecule has 1 saturated heterocycles. The third-order valence-corrected chi connectivity index (χ3v) is 5.94. The van der Waals surface area contributed by atoms with Crippen LogP contribution in [0.25, 0.3) is 10.8 Å². The number of nitrogens with one attached hydrogen (secondary N) is 3. The van der Waals surface area contributed by atoms with Gasteiger partial charge in [-0.15, -0.1) is 0 Å². The molecule has 1 aliphatic heterocycles. The molecule has 4 rings (SSSR count). The molecule has 0 radical (unpaired) electrons. The van der Waals surface area contributed by atoms with Gasteiger partial charge in [0.1, 0.15) is 5.75 Å². The van der Waals surface area contributed by atoms with Crippen molar-refractivity contribution in [3.05, 3.63) is 71.3 Å². The van der Waals surface area contributed by atoms with Crippen LogP contribution >= 0.6 is 0 Å². The lowest BCUT2D eigenvalue weighted by Crippen LogP contribution is -2.50. The van der Waals surface area contributed by atoms with Gasteiger partial charge in [-0.25, -0.2) is 0 Å². The smallest absolute Gasteiger partial charge is 0.255 e. The van der Waals surface area contributed by atoms with E-state index in [1.54, 1.807) is 37.4 Å². The number of hydrogen-bond donors (Lipinski definition) is 3. The van der Waals surface area contributed by atoms with E-state index in [-0.39, 0.29) is 43.3 Å². The number of carbonyl (C=O) groups is 4. The van der Waals surface area contributed by atoms with E-state index in [2.05, 4.69) is 16.0 Å². The molecule has 3 amide bonds. The SMILES string of the molecule is COCOc1ccc2cc(C(=O)Nc3ccc(C(C)=O)c(CNC4CCC(=O)NC4=O)c3)ccc2c1. The first-order valence-corrected chi connectivity index (χ1v) is 11.5. The van der Waals surface area contributed by atoms with Crippen molar-refractivity contribution in [2.24, 2.45) is 0 Å². The minimum Gasteiger partial charge on any atom is -0.468 e. The Labute approximate surface area is 208 Å². The molecule has 186 valence electrons. The van der Waals surface area contributed by atoms with Crippen LogP contribution in [0, 0.1) is 0 Å². The zero-order chi connectivity index (χ0) is 25.7. The monoisotopic (exact) mass is 489 g/mol. The maximum absolute atomic E-state index is 13.0. The van der Waals surface area contributed by atoms with Gasteiger partial charge in [0.2, 0.25) is 11.8 Å². The van der Waals surface area contributed by atoms with Gasteiger partial charge in [0.25, 0.3) is 5.91 Å². The number of Topliss-reactive ketones (excluding diaryl/α,β-unsaturated/α-hetero) is 1. The van der Waals surface area contributed by atoms with Gasteiger partial charge in [-0.1, -0.05) is 12.1 Å². The van der Waals surface area contributed by atoms with Crippen LogP contribution in [-0.4, -0.2) is 43.4 Å². The molecule has 1 heterocycles. The van der Waals surface area contributed by atoms with Crippen LogP contribution in [0.2, 0.25) is 0 Å². The number of anilines is 1. The molecule has 1 aliphatic rings. The van der Waals surface area contributed by atoms with Crippen LogP contribution in [0.15, 0.2) is 54.6 Å². The summed E-state index contributed by atoms with van der Waals surface area (Å²) in [6.45, 7) is 1.84. The number of carbonyl (C=O) groups excluding carboxylic acids is 4. The predicted molar refractivity (Wildman–Crippen MR) is 134 cm³/mol. The molecule has 0 spiro atoms. The molecular weight excluding hydrogens is 462 g/mol. The lowest BCUT2D eigenvalue weighted by atomic mass is 10.0. The van der Waals surface area contributed by atoms with Gasteiger partial charge in [0.15, 0.2) is 12.6 Å². The highest BCUT2D eigenvalue weighted by molar-refractivity contribution is 6.07. The number of imide groups is 1. The number of fused-ring (bicyclic) bond motifs is 1. The normalized spacial score (nSPS) is 15.4. The van der Waals surface area contributed by atoms with E-state index in [9.17, 15) is 19.2 Å². The van der Waals surface area contributed by atoms with Crippen molar-refractivity contribution < 1.29 is 28.7 Å². The van der Waals surface area contributed by atoms with Gasteiger partial charge in [0.05, 0.1) is 6.04 Å². The van der Waals surface area contributed by atoms with Crippen molar-refractivity contribution >= 4 is 40.0 Å². The summed E-state index contributed by atoms with van der Waals surface area (Å²) >= 11 is 0. The van der Waals surface area contributed by atoms with Crippen molar-refractivity contribution in [1.29, 1.82) is 0 Å². The summed E-state index contributed by atoms with van der Waals surface area (Å²) in [7, 11) is 1.55. The van der Waals surface area contributed by atoms with Gasteiger partial charge >= 0.3 is 0 Å². The number of hydrogen-bond acceptors (Lipinski definition) is 7. The van der Waals surface area contributed by atoms with E-state index in [1.807, 2.05) is 24.3 Å². The van der Waals surface area contributed by atoms with Crippen molar-refractivity contribution in [2.45, 2.75) is 32.4 Å². The van der Waals surface area contributed by atoms with Crippen LogP contribution < -0.4 is 20.7 Å². The van der Waals surface area contributed by atoms with E-state index < -0.39 is 6.04 Å². The van der Waals surface area contributed by atoms with E-state index in [1.165, 1.54) is 6.92 Å². The van der Waals surface area contributed by atoms with E-state index in [4.69, 9.17) is 9.47 Å². The summed E-state index contributed by atoms with van der Waals surface area (Å²) in [4.78, 5) is 48.5. The number of piperidine rings is 1. The highest BCUT2D eigenvalue weighted by Gasteiger charge is 2.26. The fraction of sp³-hybridized carbons (Fsp3) is 0.259. The van der Waals surface area contributed by atoms with Crippen molar-refractivity contribution in [3.63, 3.8) is 0 Å². The number of benzene rings is 3. The number of ketones is 1. The van der Waals surface area contributed by atoms with Crippen LogP contribution in [-0.2, 0) is 20.9 Å². The summed E-state index contributed by atoms with van der Waals surface area (Å²) in [6, 6.07) is 15.4. The van der Waals surface area contributed by atoms with Gasteiger partial charge in [-0.2, -0.15) is 0 Å². The van der Waals surface area contributed by atoms with E-state index in [0.29, 0.717) is 34.5 Å². The molecule has 3 aromatic rings. The lowest BCUT2D eigenvalue weighted by molar-refractivity contribution is -0.134. The Bertz CT molecular complexity index is 1340. The third-order valence-electron chi connectivity index (χ3n) is 5.94. The molecule has 0 bridgehead atoms. The lowest BCUT2D eigenvalue weighted by Gasteiger charge is -2.22. The molecule has 1 fully saturated rings. The number of ether oxygens (including phenoxy) is 2. The Morgan fingerprint density at radius 2 is 1.81 bits per heavy atom. The quantitative estimate of drug-likeness (QED) is 0.240. The molecule has 0 saturated carbocycles. The first-order chi connectivity index (χ1) is 17.3. The van der Waals surface area contributed by atoms with Crippen molar-refractivity contribution in [1.82, 2.24) is 10.6 Å². The summed E-state index contributed by atoms with van der Waals surface area (Å²) in [5.41, 5.74) is 2.14. The zero-order valence-corrected chi connectivity index (χ0v) is 20.1. The van der Waals surface area contributed by atoms with Gasteiger partial charge in [-0.3, -0.25) is 24.5 Å². The van der Waals surface area contributed by atoms with E-state index >= 15 is 0 Å². The third kappa shape index (κ3) is 5.94. The van der Waals surface area contributed by atoms with Crippen molar-refractivity contribution in [2.75, 3.05) is 19.2 Å². The molecule has 3 N–H and O–H groups in total. The maximum atomic E-state index is 13.0. The molecule has 36 heavy (non-hydrogen) atoms. The van der Waals surface area contributed by atoms with Crippen LogP contribution in [0.1, 0.15) is 46.0 Å². The average molecular weight is 490 g/mol. The van der Waals surface area contributed by atoms with Crippen LogP contribution in [0.3, 0.4) is 0 Å². The molecule has 1 unspecified atom stereocenters. The number of methoxy groups -OCH3 is 1. The first kappa shape index (κ1) is 25.0. The standard InChI is InChI=1S/C27H27N3O6/c1-16(31)23-8-6-21(12-20(23)14-28-24-9-10-25(32)30-27(24)34)29-26(33)19-4-3-18-13-22(36-15-35-2)7-5-17(18)11-19/h3-8,11-13,24,28H,9-10,14-15H2,1-2H3,(H,29,33)(H,30,32,34). The van der Waals surface area contributed by atoms with Gasteiger partial charge in [-0.05, 0) is 72.1 Å². The highest BCUT2D eigenvalue weighted by atomic mass is 16.7. The number of rotatable bonds is 9. The molecule has 0 aliphatic carbocycles. The Morgan fingerprint density at radius 1 is 1.03 bits per heavy atom. The summed E-state index contributed by atoms with van der Waals surface area (Å²) in [5.74, 6) is -0.423. The van der Waals surface area contributed by atoms with E-state index in [0.717, 1.165) is 10.8 Å². The zero-order valence-electron chi connectivity index (χ0n) is 20.1.